The standard InChI is InChI=1S/C19H20ClN3O3/c1-19(10-9-13-3-7-16(26-2)8-4-13)17(24)23(18(25)22-19)12-15-6-5-14(20)11-21-15/h3-8,11H,9-10,12H2,1-2H3,(H,22,25)/t19-/m0/s1. The van der Waals surface area contributed by atoms with Crippen molar-refractivity contribution in [3.05, 3.63) is 58.9 Å². The predicted octanol–water partition coefficient (Wildman–Crippen LogP) is 3.19. The number of nitrogens with zero attached hydrogens (tertiary/aromatic N) is 2. The molecule has 0 bridgehead atoms. The molecule has 1 aliphatic heterocycles. The van der Waals surface area contributed by atoms with Gasteiger partial charge in [-0.1, -0.05) is 23.7 Å². The molecule has 3 rings (SSSR count). The Balaban J connectivity index is 1.66. The summed E-state index contributed by atoms with van der Waals surface area (Å²) < 4.78 is 5.14. The van der Waals surface area contributed by atoms with Crippen molar-refractivity contribution in [3.63, 3.8) is 0 Å². The zero-order valence-electron chi connectivity index (χ0n) is 14.7. The highest BCUT2D eigenvalue weighted by Gasteiger charge is 2.47. The molecule has 3 amide bonds. The molecule has 0 saturated carbocycles. The van der Waals surface area contributed by atoms with Gasteiger partial charge in [0.15, 0.2) is 0 Å². The number of imide groups is 1. The Kier molecular flexibility index (Phi) is 5.13. The van der Waals surface area contributed by atoms with Gasteiger partial charge in [0.2, 0.25) is 0 Å². The topological polar surface area (TPSA) is 71.5 Å². The van der Waals surface area contributed by atoms with Gasteiger partial charge in [0, 0.05) is 6.20 Å². The average molecular weight is 374 g/mol. The molecule has 2 aromatic rings. The van der Waals surface area contributed by atoms with Crippen molar-refractivity contribution in [3.8, 4) is 5.75 Å². The number of ether oxygens (including phenoxy) is 1. The summed E-state index contributed by atoms with van der Waals surface area (Å²) in [4.78, 5) is 30.4. The lowest BCUT2D eigenvalue weighted by Gasteiger charge is -2.21. The molecule has 1 aromatic heterocycles. The molecule has 1 saturated heterocycles. The van der Waals surface area contributed by atoms with Crippen LogP contribution >= 0.6 is 11.6 Å². The summed E-state index contributed by atoms with van der Waals surface area (Å²) in [5.74, 6) is 0.541. The second-order valence-corrected chi connectivity index (χ2v) is 6.91. The second kappa shape index (κ2) is 7.33. The van der Waals surface area contributed by atoms with Gasteiger partial charge < -0.3 is 10.1 Å². The fourth-order valence-electron chi connectivity index (χ4n) is 2.91. The van der Waals surface area contributed by atoms with E-state index in [0.717, 1.165) is 11.3 Å². The summed E-state index contributed by atoms with van der Waals surface area (Å²) in [6.07, 6.45) is 2.67. The summed E-state index contributed by atoms with van der Waals surface area (Å²) in [5.41, 5.74) is 0.757. The summed E-state index contributed by atoms with van der Waals surface area (Å²) in [6.45, 7) is 1.88. The molecular formula is C19H20ClN3O3. The van der Waals surface area contributed by atoms with Crippen molar-refractivity contribution in [2.45, 2.75) is 31.8 Å². The Hall–Kier alpha value is -2.60. The van der Waals surface area contributed by atoms with Gasteiger partial charge in [-0.25, -0.2) is 4.79 Å². The van der Waals surface area contributed by atoms with Crippen LogP contribution in [0.5, 0.6) is 5.75 Å². The minimum absolute atomic E-state index is 0.125. The lowest BCUT2D eigenvalue weighted by Crippen LogP contribution is -2.44. The molecule has 136 valence electrons. The predicted molar refractivity (Wildman–Crippen MR) is 98.0 cm³/mol. The van der Waals surface area contributed by atoms with E-state index in [1.807, 2.05) is 24.3 Å². The van der Waals surface area contributed by atoms with Gasteiger partial charge >= 0.3 is 6.03 Å². The number of amides is 3. The molecule has 7 heteroatoms. The first kappa shape index (κ1) is 18.2. The number of hydrogen-bond donors (Lipinski definition) is 1. The van der Waals surface area contributed by atoms with Gasteiger partial charge in [-0.3, -0.25) is 14.7 Å². The number of methoxy groups -OCH3 is 1. The first-order valence-corrected chi connectivity index (χ1v) is 8.66. The first-order valence-electron chi connectivity index (χ1n) is 8.29. The van der Waals surface area contributed by atoms with Crippen LogP contribution in [0.25, 0.3) is 0 Å². The summed E-state index contributed by atoms with van der Waals surface area (Å²) >= 11 is 5.82. The second-order valence-electron chi connectivity index (χ2n) is 6.47. The van der Waals surface area contributed by atoms with Crippen molar-refractivity contribution in [1.29, 1.82) is 0 Å². The molecule has 0 aliphatic carbocycles. The maximum atomic E-state index is 12.8. The Labute approximate surface area is 157 Å². The van der Waals surface area contributed by atoms with Gasteiger partial charge in [0.1, 0.15) is 11.3 Å². The smallest absolute Gasteiger partial charge is 0.325 e. The third-order valence-electron chi connectivity index (χ3n) is 4.53. The third kappa shape index (κ3) is 3.80. The number of pyridine rings is 1. The molecule has 2 heterocycles. The molecule has 0 radical (unpaired) electrons. The molecule has 1 atom stereocenters. The van der Waals surface area contributed by atoms with E-state index >= 15 is 0 Å². The minimum Gasteiger partial charge on any atom is -0.497 e. The first-order chi connectivity index (χ1) is 12.4. The molecule has 1 aliphatic rings. The number of aryl methyl sites for hydroxylation is 1. The van der Waals surface area contributed by atoms with Gasteiger partial charge in [0.05, 0.1) is 24.4 Å². The van der Waals surface area contributed by atoms with Crippen LogP contribution in [-0.2, 0) is 17.8 Å². The van der Waals surface area contributed by atoms with E-state index in [0.29, 0.717) is 23.6 Å². The van der Waals surface area contributed by atoms with Gasteiger partial charge in [-0.05, 0) is 49.6 Å². The Morgan fingerprint density at radius 1 is 1.19 bits per heavy atom. The average Bonchev–Trinajstić information content (AvgIpc) is 2.86. The van der Waals surface area contributed by atoms with Crippen LogP contribution in [0.15, 0.2) is 42.6 Å². The Bertz CT molecular complexity index is 808. The van der Waals surface area contributed by atoms with Gasteiger partial charge in [-0.2, -0.15) is 0 Å². The monoisotopic (exact) mass is 373 g/mol. The molecular weight excluding hydrogens is 354 g/mol. The maximum Gasteiger partial charge on any atom is 0.325 e. The van der Waals surface area contributed by atoms with Crippen molar-refractivity contribution in [2.75, 3.05) is 7.11 Å². The number of benzene rings is 1. The van der Waals surface area contributed by atoms with E-state index in [2.05, 4.69) is 10.3 Å². The number of halogens is 1. The zero-order valence-corrected chi connectivity index (χ0v) is 15.4. The van der Waals surface area contributed by atoms with E-state index in [1.165, 1.54) is 11.1 Å². The fourth-order valence-corrected chi connectivity index (χ4v) is 3.02. The van der Waals surface area contributed by atoms with Crippen LogP contribution in [0.1, 0.15) is 24.6 Å². The Morgan fingerprint density at radius 3 is 2.54 bits per heavy atom. The van der Waals surface area contributed by atoms with Crippen LogP contribution in [0.3, 0.4) is 0 Å². The SMILES string of the molecule is COc1ccc(CC[C@]2(C)NC(=O)N(Cc3ccc(Cl)cn3)C2=O)cc1. The van der Waals surface area contributed by atoms with Gasteiger partial charge in [-0.15, -0.1) is 0 Å². The van der Waals surface area contributed by atoms with Crippen LogP contribution in [0.4, 0.5) is 4.79 Å². The number of nitrogens with one attached hydrogen (secondary N) is 1. The summed E-state index contributed by atoms with van der Waals surface area (Å²) in [6, 6.07) is 10.7. The Morgan fingerprint density at radius 2 is 1.92 bits per heavy atom. The summed E-state index contributed by atoms with van der Waals surface area (Å²) in [5, 5.41) is 3.32. The largest absolute Gasteiger partial charge is 0.497 e. The maximum absolute atomic E-state index is 12.8. The number of rotatable bonds is 6. The van der Waals surface area contributed by atoms with E-state index < -0.39 is 11.6 Å². The fraction of sp³-hybridized carbons (Fsp3) is 0.316. The number of hydrogen-bond acceptors (Lipinski definition) is 4. The highest BCUT2D eigenvalue weighted by atomic mass is 35.5. The number of carbonyl (C=O) groups excluding carboxylic acids is 2. The lowest BCUT2D eigenvalue weighted by atomic mass is 9.93. The highest BCUT2D eigenvalue weighted by molar-refractivity contribution is 6.30. The van der Waals surface area contributed by atoms with Crippen LogP contribution in [-0.4, -0.2) is 34.5 Å². The molecule has 1 N–H and O–H groups in total. The quantitative estimate of drug-likeness (QED) is 0.789. The number of urea groups is 1. The van der Waals surface area contributed by atoms with Crippen molar-refractivity contribution < 1.29 is 14.3 Å². The lowest BCUT2D eigenvalue weighted by molar-refractivity contribution is -0.131. The van der Waals surface area contributed by atoms with Crippen molar-refractivity contribution in [1.82, 2.24) is 15.2 Å². The minimum atomic E-state index is -0.927. The molecule has 26 heavy (non-hydrogen) atoms. The molecule has 0 spiro atoms. The van der Waals surface area contributed by atoms with Crippen LogP contribution < -0.4 is 10.1 Å². The van der Waals surface area contributed by atoms with E-state index in [-0.39, 0.29) is 12.5 Å². The molecule has 0 unspecified atom stereocenters. The third-order valence-corrected chi connectivity index (χ3v) is 4.75. The van der Waals surface area contributed by atoms with Crippen LogP contribution in [0.2, 0.25) is 5.02 Å². The molecule has 6 nitrogen and oxygen atoms in total. The number of carbonyl (C=O) groups is 2. The van der Waals surface area contributed by atoms with E-state index in [1.54, 1.807) is 26.2 Å². The van der Waals surface area contributed by atoms with Crippen LogP contribution in [0, 0.1) is 0 Å². The van der Waals surface area contributed by atoms with Gasteiger partial charge in [0.25, 0.3) is 5.91 Å². The van der Waals surface area contributed by atoms with Crippen molar-refractivity contribution in [2.24, 2.45) is 0 Å². The summed E-state index contributed by atoms with van der Waals surface area (Å²) in [7, 11) is 1.62. The van der Waals surface area contributed by atoms with E-state index in [4.69, 9.17) is 16.3 Å². The zero-order chi connectivity index (χ0) is 18.7. The van der Waals surface area contributed by atoms with E-state index in [9.17, 15) is 9.59 Å². The normalized spacial score (nSPS) is 19.6. The molecule has 1 aromatic carbocycles. The molecule has 1 fully saturated rings. The van der Waals surface area contributed by atoms with Crippen molar-refractivity contribution >= 4 is 23.5 Å². The number of aromatic nitrogens is 1. The highest BCUT2D eigenvalue weighted by Crippen LogP contribution is 2.25.